The van der Waals surface area contributed by atoms with E-state index >= 15 is 0 Å². The van der Waals surface area contributed by atoms with Crippen LogP contribution in [0.15, 0.2) is 11.6 Å². The summed E-state index contributed by atoms with van der Waals surface area (Å²) in [5, 5.41) is 10.7. The number of hydrogen-bond donors (Lipinski definition) is 1. The molecular formula is C33H52O4. The predicted molar refractivity (Wildman–Crippen MR) is 147 cm³/mol. The van der Waals surface area contributed by atoms with Crippen LogP contribution in [-0.4, -0.2) is 23.1 Å². The van der Waals surface area contributed by atoms with Crippen LogP contribution in [0.5, 0.6) is 0 Å². The van der Waals surface area contributed by atoms with Crippen molar-refractivity contribution in [3.05, 3.63) is 11.6 Å². The van der Waals surface area contributed by atoms with Crippen LogP contribution < -0.4 is 0 Å². The van der Waals surface area contributed by atoms with Gasteiger partial charge in [-0.1, -0.05) is 67.0 Å². The Morgan fingerprint density at radius 3 is 2.19 bits per heavy atom. The van der Waals surface area contributed by atoms with E-state index in [0.29, 0.717) is 23.7 Å². The molecule has 0 spiro atoms. The summed E-state index contributed by atoms with van der Waals surface area (Å²) < 4.78 is 5.89. The number of fused-ring (bicyclic) bond motifs is 7. The minimum absolute atomic E-state index is 0.00735. The molecule has 5 aliphatic carbocycles. The molecule has 0 radical (unpaired) electrons. The number of carboxylic acid groups (broad SMARTS) is 1. The number of carboxylic acids is 1. The van der Waals surface area contributed by atoms with Crippen LogP contribution in [0.25, 0.3) is 0 Å². The van der Waals surface area contributed by atoms with Crippen LogP contribution in [0, 0.1) is 56.2 Å². The fraction of sp³-hybridized carbons (Fsp3) is 0.879. The van der Waals surface area contributed by atoms with Crippen molar-refractivity contribution in [3.8, 4) is 0 Å². The molecule has 10 atom stereocenters. The van der Waals surface area contributed by atoms with Gasteiger partial charge in [-0.05, 0) is 97.7 Å². The summed E-state index contributed by atoms with van der Waals surface area (Å²) in [5.74, 6) is 1.24. The molecule has 0 aromatic heterocycles. The van der Waals surface area contributed by atoms with Crippen molar-refractivity contribution in [1.82, 2.24) is 0 Å². The number of esters is 1. The number of allylic oxidation sites excluding steroid dienone is 2. The van der Waals surface area contributed by atoms with Crippen molar-refractivity contribution in [2.75, 3.05) is 0 Å². The lowest BCUT2D eigenvalue weighted by Gasteiger charge is -2.73. The lowest BCUT2D eigenvalue weighted by molar-refractivity contribution is -0.220. The van der Waals surface area contributed by atoms with Crippen LogP contribution in [0.3, 0.4) is 0 Å². The Morgan fingerprint density at radius 1 is 0.892 bits per heavy atom. The molecule has 1 N–H and O–H groups in total. The average Bonchev–Trinajstić information content (AvgIpc) is 2.79. The Labute approximate surface area is 225 Å². The van der Waals surface area contributed by atoms with Gasteiger partial charge in [-0.3, -0.25) is 9.59 Å². The second-order valence-electron chi connectivity index (χ2n) is 15.6. The number of ether oxygens (including phenoxy) is 1. The average molecular weight is 513 g/mol. The Morgan fingerprint density at radius 2 is 1.57 bits per heavy atom. The number of rotatable bonds is 2. The van der Waals surface area contributed by atoms with Gasteiger partial charge in [0.1, 0.15) is 6.10 Å². The van der Waals surface area contributed by atoms with Crippen LogP contribution in [0.2, 0.25) is 0 Å². The van der Waals surface area contributed by atoms with Gasteiger partial charge in [0.2, 0.25) is 0 Å². The molecule has 0 amide bonds. The lowest BCUT2D eigenvalue weighted by atomic mass is 9.31. The van der Waals surface area contributed by atoms with Crippen molar-refractivity contribution in [2.45, 2.75) is 126 Å². The Balaban J connectivity index is 1.60. The first-order valence-corrected chi connectivity index (χ1v) is 15.1. The normalized spacial score (nSPS) is 52.5. The van der Waals surface area contributed by atoms with Crippen LogP contribution >= 0.6 is 0 Å². The van der Waals surface area contributed by atoms with E-state index < -0.39 is 11.4 Å². The van der Waals surface area contributed by atoms with E-state index in [-0.39, 0.29) is 39.1 Å². The first-order valence-electron chi connectivity index (χ1n) is 15.1. The highest BCUT2D eigenvalue weighted by Gasteiger charge is 2.72. The maximum atomic E-state index is 13.1. The second kappa shape index (κ2) is 8.10. The zero-order valence-corrected chi connectivity index (χ0v) is 25.0. The summed E-state index contributed by atoms with van der Waals surface area (Å²) in [7, 11) is 0. The molecule has 5 rings (SSSR count). The van der Waals surface area contributed by atoms with E-state index in [1.807, 2.05) is 0 Å². The fourth-order valence-corrected chi connectivity index (χ4v) is 11.9. The third kappa shape index (κ3) is 3.14. The third-order valence-corrected chi connectivity index (χ3v) is 14.5. The maximum absolute atomic E-state index is 13.1. The van der Waals surface area contributed by atoms with Gasteiger partial charge < -0.3 is 9.84 Å². The highest BCUT2D eigenvalue weighted by molar-refractivity contribution is 5.78. The summed E-state index contributed by atoms with van der Waals surface area (Å²) in [6, 6.07) is 0. The van der Waals surface area contributed by atoms with Crippen molar-refractivity contribution < 1.29 is 19.4 Å². The number of aliphatic carboxylic acids is 1. The molecule has 0 heterocycles. The first-order chi connectivity index (χ1) is 17.0. The molecule has 0 unspecified atom stereocenters. The molecule has 4 heteroatoms. The number of hydrogen-bond acceptors (Lipinski definition) is 3. The number of carbonyl (C=O) groups excluding carboxylic acids is 1. The summed E-state index contributed by atoms with van der Waals surface area (Å²) in [4.78, 5) is 25.0. The lowest BCUT2D eigenvalue weighted by Crippen LogP contribution is -2.68. The SMILES string of the molecule is CC(=O)O[C@H]1CC[C@]2(C)[C@H]3CC=C4[C@@](C)(CC[C@@]5(C(=O)O)CC[C@@H](C)[C@H](C)[C@@]45C)[C@]3(C)CC[C@H]2C1(C)C. The van der Waals surface area contributed by atoms with E-state index in [1.165, 1.54) is 12.0 Å². The van der Waals surface area contributed by atoms with E-state index in [2.05, 4.69) is 61.5 Å². The van der Waals surface area contributed by atoms with Crippen molar-refractivity contribution in [3.63, 3.8) is 0 Å². The summed E-state index contributed by atoms with van der Waals surface area (Å²) in [5.41, 5.74) is 0.836. The van der Waals surface area contributed by atoms with Crippen LogP contribution in [0.4, 0.5) is 0 Å². The first kappa shape index (κ1) is 27.3. The molecule has 0 aromatic carbocycles. The molecule has 0 aromatic rings. The highest BCUT2D eigenvalue weighted by atomic mass is 16.5. The molecule has 4 saturated carbocycles. The van der Waals surface area contributed by atoms with Gasteiger partial charge >= 0.3 is 11.9 Å². The summed E-state index contributed by atoms with van der Waals surface area (Å²) >= 11 is 0. The molecule has 37 heavy (non-hydrogen) atoms. The van der Waals surface area contributed by atoms with Crippen molar-refractivity contribution in [1.29, 1.82) is 0 Å². The molecule has 0 bridgehead atoms. The topological polar surface area (TPSA) is 63.6 Å². The molecule has 4 nitrogen and oxygen atoms in total. The Hall–Kier alpha value is -1.32. The van der Waals surface area contributed by atoms with E-state index in [1.54, 1.807) is 6.92 Å². The number of carbonyl (C=O) groups is 2. The molecule has 0 saturated heterocycles. The maximum Gasteiger partial charge on any atom is 0.310 e. The minimum Gasteiger partial charge on any atom is -0.481 e. The third-order valence-electron chi connectivity index (χ3n) is 14.5. The predicted octanol–water partition coefficient (Wildman–Crippen LogP) is 8.05. The molecule has 5 aliphatic rings. The molecule has 208 valence electrons. The monoisotopic (exact) mass is 512 g/mol. The van der Waals surface area contributed by atoms with Gasteiger partial charge in [0.15, 0.2) is 0 Å². The largest absolute Gasteiger partial charge is 0.481 e. The van der Waals surface area contributed by atoms with Gasteiger partial charge in [0, 0.05) is 17.8 Å². The zero-order valence-electron chi connectivity index (χ0n) is 25.0. The van der Waals surface area contributed by atoms with Gasteiger partial charge in [0.25, 0.3) is 0 Å². The fourth-order valence-electron chi connectivity index (χ4n) is 11.9. The Bertz CT molecular complexity index is 1030. The minimum atomic E-state index is -0.640. The van der Waals surface area contributed by atoms with Gasteiger partial charge in [-0.15, -0.1) is 0 Å². The zero-order chi connectivity index (χ0) is 27.4. The summed E-state index contributed by atoms with van der Waals surface area (Å²) in [6.07, 6.45) is 11.6. The Kier molecular flexibility index (Phi) is 5.97. The van der Waals surface area contributed by atoms with Crippen molar-refractivity contribution >= 4 is 11.9 Å². The quantitative estimate of drug-likeness (QED) is 0.300. The summed E-state index contributed by atoms with van der Waals surface area (Å²) in [6.45, 7) is 20.9. The highest BCUT2D eigenvalue weighted by Crippen LogP contribution is 2.78. The van der Waals surface area contributed by atoms with Crippen LogP contribution in [0.1, 0.15) is 120 Å². The van der Waals surface area contributed by atoms with E-state index in [4.69, 9.17) is 4.74 Å². The van der Waals surface area contributed by atoms with Crippen molar-refractivity contribution in [2.24, 2.45) is 56.2 Å². The van der Waals surface area contributed by atoms with Gasteiger partial charge in [0.05, 0.1) is 5.41 Å². The molecular weight excluding hydrogens is 460 g/mol. The van der Waals surface area contributed by atoms with E-state index in [9.17, 15) is 14.7 Å². The smallest absolute Gasteiger partial charge is 0.310 e. The van der Waals surface area contributed by atoms with Crippen LogP contribution in [-0.2, 0) is 14.3 Å². The second-order valence-corrected chi connectivity index (χ2v) is 15.6. The standard InChI is InChI=1S/C33H52O4/c1-20-12-17-33(27(35)36)19-18-31(8)25(32(33,9)21(20)2)11-10-24-29(6)15-14-26(37-22(3)34)28(4,5)23(29)13-16-30(24,31)7/h11,20-21,23-24,26H,10,12-19H2,1-9H3,(H,35,36)/t20-,21+,23+,24-,26+,29+,30-,31-,32+,33-/m1/s1. The van der Waals surface area contributed by atoms with Gasteiger partial charge in [-0.2, -0.15) is 0 Å². The molecule has 4 fully saturated rings. The van der Waals surface area contributed by atoms with Gasteiger partial charge in [-0.25, -0.2) is 0 Å². The molecule has 0 aliphatic heterocycles. The van der Waals surface area contributed by atoms with E-state index in [0.717, 1.165) is 51.4 Å².